The highest BCUT2D eigenvalue weighted by atomic mass is 31.1. The van der Waals surface area contributed by atoms with Crippen molar-refractivity contribution < 1.29 is 0 Å². The predicted octanol–water partition coefficient (Wildman–Crippen LogP) is 4.36. The second-order valence-corrected chi connectivity index (χ2v) is 5.31. The summed E-state index contributed by atoms with van der Waals surface area (Å²) >= 11 is 0. The largest absolute Gasteiger partial charge is 0.0667 e. The lowest BCUT2D eigenvalue weighted by Crippen LogP contribution is -1.89. The van der Waals surface area contributed by atoms with Crippen molar-refractivity contribution in [2.75, 3.05) is 0 Å². The van der Waals surface area contributed by atoms with E-state index in [1.165, 1.54) is 22.0 Å². The number of hydrogen-bond donors (Lipinski definition) is 0. The Bertz CT molecular complexity index is 512. The third-order valence-corrected chi connectivity index (χ3v) is 4.04. The van der Waals surface area contributed by atoms with Crippen LogP contribution in [0.2, 0.25) is 0 Å². The molecule has 2 rings (SSSR count). The topological polar surface area (TPSA) is 0 Å². The number of hydrogen-bond acceptors (Lipinski definition) is 0. The van der Waals surface area contributed by atoms with Crippen LogP contribution in [0.25, 0.3) is 5.57 Å². The lowest BCUT2D eigenvalue weighted by atomic mass is 10.0. The molecule has 2 aromatic carbocycles. The SMILES string of the molecule is C/C(=C\Pc1ccccc1)c1ccccc1C. The summed E-state index contributed by atoms with van der Waals surface area (Å²) in [6.07, 6.45) is 0. The van der Waals surface area contributed by atoms with Crippen LogP contribution in [0.4, 0.5) is 0 Å². The first-order chi connectivity index (χ1) is 8.27. The molecule has 1 heteroatoms. The summed E-state index contributed by atoms with van der Waals surface area (Å²) in [4.78, 5) is 0. The second-order valence-electron chi connectivity index (χ2n) is 4.15. The summed E-state index contributed by atoms with van der Waals surface area (Å²) < 4.78 is 0. The molecular formula is C16H17P. The Morgan fingerprint density at radius 1 is 0.941 bits per heavy atom. The first kappa shape index (κ1) is 12.1. The van der Waals surface area contributed by atoms with Crippen LogP contribution in [0.15, 0.2) is 60.4 Å². The lowest BCUT2D eigenvalue weighted by Gasteiger charge is -2.05. The lowest BCUT2D eigenvalue weighted by molar-refractivity contribution is 1.41. The Morgan fingerprint density at radius 2 is 1.59 bits per heavy atom. The molecule has 0 spiro atoms. The van der Waals surface area contributed by atoms with Crippen LogP contribution in [0.1, 0.15) is 18.1 Å². The Balaban J connectivity index is 2.16. The highest BCUT2D eigenvalue weighted by molar-refractivity contribution is 7.50. The molecule has 1 unspecified atom stereocenters. The van der Waals surface area contributed by atoms with Crippen molar-refractivity contribution in [2.24, 2.45) is 0 Å². The minimum absolute atomic E-state index is 0.745. The third kappa shape index (κ3) is 3.28. The summed E-state index contributed by atoms with van der Waals surface area (Å²) in [6, 6.07) is 19.2. The third-order valence-electron chi connectivity index (χ3n) is 2.80. The first-order valence-corrected chi connectivity index (χ1v) is 6.89. The number of allylic oxidation sites excluding steroid dienone is 1. The minimum atomic E-state index is 0.745. The van der Waals surface area contributed by atoms with Gasteiger partial charge in [0.25, 0.3) is 0 Å². The molecule has 0 aliphatic rings. The fourth-order valence-electron chi connectivity index (χ4n) is 1.82. The zero-order chi connectivity index (χ0) is 12.1. The van der Waals surface area contributed by atoms with Gasteiger partial charge in [0.05, 0.1) is 0 Å². The van der Waals surface area contributed by atoms with Crippen molar-refractivity contribution in [1.29, 1.82) is 0 Å². The average molecular weight is 240 g/mol. The van der Waals surface area contributed by atoms with E-state index in [-0.39, 0.29) is 0 Å². The van der Waals surface area contributed by atoms with E-state index in [2.05, 4.69) is 74.3 Å². The number of benzene rings is 2. The van der Waals surface area contributed by atoms with Crippen molar-refractivity contribution in [3.05, 3.63) is 71.5 Å². The van der Waals surface area contributed by atoms with Gasteiger partial charge in [-0.2, -0.15) is 0 Å². The highest BCUT2D eigenvalue weighted by Gasteiger charge is 1.98. The van der Waals surface area contributed by atoms with E-state index in [9.17, 15) is 0 Å². The molecule has 0 N–H and O–H groups in total. The molecule has 0 saturated heterocycles. The molecular weight excluding hydrogens is 223 g/mol. The monoisotopic (exact) mass is 240 g/mol. The highest BCUT2D eigenvalue weighted by Crippen LogP contribution is 2.23. The molecule has 2 aromatic rings. The molecule has 1 atom stereocenters. The molecule has 0 heterocycles. The molecule has 0 amide bonds. The van der Waals surface area contributed by atoms with Crippen LogP contribution in [0.3, 0.4) is 0 Å². The first-order valence-electron chi connectivity index (χ1n) is 5.82. The molecule has 0 bridgehead atoms. The van der Waals surface area contributed by atoms with Crippen LogP contribution in [-0.4, -0.2) is 0 Å². The average Bonchev–Trinajstić information content (AvgIpc) is 2.38. The van der Waals surface area contributed by atoms with E-state index in [4.69, 9.17) is 0 Å². The van der Waals surface area contributed by atoms with E-state index in [0.29, 0.717) is 0 Å². The summed E-state index contributed by atoms with van der Waals surface area (Å²) in [5.74, 6) is 2.33. The summed E-state index contributed by atoms with van der Waals surface area (Å²) in [5.41, 5.74) is 4.07. The van der Waals surface area contributed by atoms with Crippen molar-refractivity contribution in [1.82, 2.24) is 0 Å². The van der Waals surface area contributed by atoms with Crippen molar-refractivity contribution in [2.45, 2.75) is 13.8 Å². The Labute approximate surface area is 105 Å². The molecule has 17 heavy (non-hydrogen) atoms. The molecule has 0 aliphatic carbocycles. The van der Waals surface area contributed by atoms with Gasteiger partial charge in [0.15, 0.2) is 0 Å². The van der Waals surface area contributed by atoms with Crippen molar-refractivity contribution in [3.8, 4) is 0 Å². The second kappa shape index (κ2) is 5.80. The van der Waals surface area contributed by atoms with Crippen molar-refractivity contribution in [3.63, 3.8) is 0 Å². The summed E-state index contributed by atoms with van der Waals surface area (Å²) in [6.45, 7) is 4.36. The van der Waals surface area contributed by atoms with Gasteiger partial charge in [-0.3, -0.25) is 0 Å². The number of rotatable bonds is 3. The van der Waals surface area contributed by atoms with Gasteiger partial charge in [0.2, 0.25) is 0 Å². The minimum Gasteiger partial charge on any atom is -0.0667 e. The molecule has 0 nitrogen and oxygen atoms in total. The van der Waals surface area contributed by atoms with Gasteiger partial charge >= 0.3 is 0 Å². The van der Waals surface area contributed by atoms with E-state index in [1.54, 1.807) is 0 Å². The van der Waals surface area contributed by atoms with E-state index >= 15 is 0 Å². The normalized spacial score (nSPS) is 12.2. The molecule has 0 aromatic heterocycles. The van der Waals surface area contributed by atoms with Gasteiger partial charge in [0.1, 0.15) is 0 Å². The maximum Gasteiger partial charge on any atom is -0.0198 e. The zero-order valence-corrected chi connectivity index (χ0v) is 11.3. The van der Waals surface area contributed by atoms with Gasteiger partial charge in [-0.1, -0.05) is 69.0 Å². The van der Waals surface area contributed by atoms with Crippen LogP contribution >= 0.6 is 8.58 Å². The Hall–Kier alpha value is -1.39. The van der Waals surface area contributed by atoms with Crippen LogP contribution in [-0.2, 0) is 0 Å². The molecule has 0 radical (unpaired) electrons. The van der Waals surface area contributed by atoms with Crippen LogP contribution in [0.5, 0.6) is 0 Å². The van der Waals surface area contributed by atoms with Gasteiger partial charge in [-0.05, 0) is 35.9 Å². The molecule has 86 valence electrons. The quantitative estimate of drug-likeness (QED) is 0.699. The fraction of sp³-hybridized carbons (Fsp3) is 0.125. The van der Waals surface area contributed by atoms with E-state index in [0.717, 1.165) is 8.58 Å². The van der Waals surface area contributed by atoms with Gasteiger partial charge < -0.3 is 0 Å². The van der Waals surface area contributed by atoms with E-state index < -0.39 is 0 Å². The number of aryl methyl sites for hydroxylation is 1. The predicted molar refractivity (Wildman–Crippen MR) is 79.2 cm³/mol. The summed E-state index contributed by atoms with van der Waals surface area (Å²) in [5, 5.41) is 1.39. The van der Waals surface area contributed by atoms with Gasteiger partial charge in [0, 0.05) is 0 Å². The van der Waals surface area contributed by atoms with Gasteiger partial charge in [-0.25, -0.2) is 0 Å². The van der Waals surface area contributed by atoms with Crippen LogP contribution < -0.4 is 5.30 Å². The zero-order valence-electron chi connectivity index (χ0n) is 10.3. The fourth-order valence-corrected chi connectivity index (χ4v) is 2.74. The van der Waals surface area contributed by atoms with Gasteiger partial charge in [-0.15, -0.1) is 0 Å². The molecule has 0 aliphatic heterocycles. The molecule has 0 fully saturated rings. The standard InChI is InChI=1S/C16H17P/c1-13-8-6-7-11-16(13)14(2)12-17-15-9-4-3-5-10-15/h3-12,17H,1-2H3/b14-12+. The molecule has 0 saturated carbocycles. The van der Waals surface area contributed by atoms with Crippen molar-refractivity contribution >= 4 is 19.5 Å². The maximum atomic E-state index is 2.33. The summed E-state index contributed by atoms with van der Waals surface area (Å²) in [7, 11) is 0.745. The van der Waals surface area contributed by atoms with Crippen LogP contribution in [0, 0.1) is 6.92 Å². The van der Waals surface area contributed by atoms with E-state index in [1.807, 2.05) is 0 Å². The smallest absolute Gasteiger partial charge is 0.0198 e. The Kier molecular flexibility index (Phi) is 4.12. The maximum absolute atomic E-state index is 2.33. The Morgan fingerprint density at radius 3 is 2.29 bits per heavy atom.